The molecule has 100 valence electrons. The average Bonchev–Trinajstić information content (AvgIpc) is 2.90. The standard InChI is InChI=1S/C13H9ClN4O2/c1-20-12(19)9-6-15-13(14)17-11(9)8-7-16-18-5-3-2-4-10(8)18/h2-7H,1H3. The topological polar surface area (TPSA) is 69.4 Å². The fraction of sp³-hybridized carbons (Fsp3) is 0.0769. The second-order valence-electron chi connectivity index (χ2n) is 3.98. The van der Waals surface area contributed by atoms with Gasteiger partial charge in [-0.25, -0.2) is 19.3 Å². The van der Waals surface area contributed by atoms with Crippen molar-refractivity contribution in [2.75, 3.05) is 7.11 Å². The Morgan fingerprint density at radius 3 is 3.00 bits per heavy atom. The van der Waals surface area contributed by atoms with Crippen molar-refractivity contribution in [2.24, 2.45) is 0 Å². The number of rotatable bonds is 2. The Kier molecular flexibility index (Phi) is 3.08. The van der Waals surface area contributed by atoms with Crippen LogP contribution in [0.1, 0.15) is 10.4 Å². The van der Waals surface area contributed by atoms with E-state index in [-0.39, 0.29) is 10.8 Å². The molecular weight excluding hydrogens is 280 g/mol. The number of ether oxygens (including phenoxy) is 1. The lowest BCUT2D eigenvalue weighted by molar-refractivity contribution is 0.0601. The van der Waals surface area contributed by atoms with Gasteiger partial charge in [0.05, 0.1) is 24.5 Å². The van der Waals surface area contributed by atoms with Gasteiger partial charge < -0.3 is 4.74 Å². The van der Waals surface area contributed by atoms with Crippen molar-refractivity contribution < 1.29 is 9.53 Å². The summed E-state index contributed by atoms with van der Waals surface area (Å²) in [7, 11) is 1.30. The van der Waals surface area contributed by atoms with Gasteiger partial charge in [0.1, 0.15) is 5.56 Å². The molecule has 7 heteroatoms. The van der Waals surface area contributed by atoms with Gasteiger partial charge in [-0.05, 0) is 23.7 Å². The zero-order valence-electron chi connectivity index (χ0n) is 10.4. The van der Waals surface area contributed by atoms with E-state index >= 15 is 0 Å². The van der Waals surface area contributed by atoms with Gasteiger partial charge in [-0.2, -0.15) is 5.10 Å². The lowest BCUT2D eigenvalue weighted by Gasteiger charge is -2.05. The second-order valence-corrected chi connectivity index (χ2v) is 4.32. The minimum Gasteiger partial charge on any atom is -0.465 e. The number of pyridine rings is 1. The maximum absolute atomic E-state index is 11.8. The lowest BCUT2D eigenvalue weighted by Crippen LogP contribution is -2.06. The maximum atomic E-state index is 11.8. The van der Waals surface area contributed by atoms with Gasteiger partial charge in [-0.1, -0.05) is 6.07 Å². The van der Waals surface area contributed by atoms with Gasteiger partial charge in [0, 0.05) is 18.0 Å². The molecule has 0 N–H and O–H groups in total. The maximum Gasteiger partial charge on any atom is 0.341 e. The summed E-state index contributed by atoms with van der Waals surface area (Å²) in [6, 6.07) is 5.61. The molecule has 20 heavy (non-hydrogen) atoms. The first-order valence-corrected chi connectivity index (χ1v) is 6.12. The smallest absolute Gasteiger partial charge is 0.341 e. The quantitative estimate of drug-likeness (QED) is 0.534. The molecule has 0 saturated carbocycles. The van der Waals surface area contributed by atoms with Crippen LogP contribution in [0.25, 0.3) is 16.8 Å². The second kappa shape index (κ2) is 4.90. The first-order valence-electron chi connectivity index (χ1n) is 5.74. The van der Waals surface area contributed by atoms with Crippen molar-refractivity contribution in [3.63, 3.8) is 0 Å². The average molecular weight is 289 g/mol. The predicted molar refractivity (Wildman–Crippen MR) is 72.6 cm³/mol. The number of halogens is 1. The van der Waals surface area contributed by atoms with Crippen molar-refractivity contribution >= 4 is 23.1 Å². The number of methoxy groups -OCH3 is 1. The zero-order valence-corrected chi connectivity index (χ0v) is 11.2. The van der Waals surface area contributed by atoms with Crippen LogP contribution in [0.4, 0.5) is 0 Å². The highest BCUT2D eigenvalue weighted by Gasteiger charge is 2.19. The normalized spacial score (nSPS) is 10.7. The van der Waals surface area contributed by atoms with Crippen LogP contribution in [-0.2, 0) is 4.74 Å². The Balaban J connectivity index is 2.28. The molecule has 0 radical (unpaired) electrons. The van der Waals surface area contributed by atoms with E-state index in [2.05, 4.69) is 15.1 Å². The molecule has 0 spiro atoms. The minimum absolute atomic E-state index is 0.0583. The van der Waals surface area contributed by atoms with E-state index < -0.39 is 5.97 Å². The number of fused-ring (bicyclic) bond motifs is 1. The van der Waals surface area contributed by atoms with Gasteiger partial charge in [0.15, 0.2) is 0 Å². The van der Waals surface area contributed by atoms with E-state index in [1.807, 2.05) is 18.2 Å². The number of aromatic nitrogens is 4. The van der Waals surface area contributed by atoms with Gasteiger partial charge >= 0.3 is 5.97 Å². The Bertz CT molecular complexity index is 800. The lowest BCUT2D eigenvalue weighted by atomic mass is 10.1. The van der Waals surface area contributed by atoms with Gasteiger partial charge in [-0.15, -0.1) is 0 Å². The Hall–Kier alpha value is -2.47. The van der Waals surface area contributed by atoms with Crippen LogP contribution in [0, 0.1) is 0 Å². The molecule has 0 aliphatic carbocycles. The minimum atomic E-state index is -0.521. The highest BCUT2D eigenvalue weighted by Crippen LogP contribution is 2.26. The van der Waals surface area contributed by atoms with E-state index in [1.165, 1.54) is 13.3 Å². The van der Waals surface area contributed by atoms with Gasteiger partial charge in [-0.3, -0.25) is 0 Å². The molecule has 6 nitrogen and oxygen atoms in total. The largest absolute Gasteiger partial charge is 0.465 e. The third-order valence-corrected chi connectivity index (χ3v) is 3.03. The number of carbonyl (C=O) groups excluding carboxylic acids is 1. The monoisotopic (exact) mass is 288 g/mol. The summed E-state index contributed by atoms with van der Waals surface area (Å²) < 4.78 is 6.42. The van der Waals surface area contributed by atoms with E-state index in [4.69, 9.17) is 16.3 Å². The van der Waals surface area contributed by atoms with Crippen molar-refractivity contribution in [1.29, 1.82) is 0 Å². The molecule has 0 bridgehead atoms. The summed E-state index contributed by atoms with van der Waals surface area (Å²) in [5.74, 6) is -0.521. The molecule has 0 atom stereocenters. The van der Waals surface area contributed by atoms with Crippen LogP contribution in [0.2, 0.25) is 5.28 Å². The highest BCUT2D eigenvalue weighted by molar-refractivity contribution is 6.28. The van der Waals surface area contributed by atoms with E-state index in [0.29, 0.717) is 11.3 Å². The van der Waals surface area contributed by atoms with E-state index in [9.17, 15) is 4.79 Å². The molecule has 3 aromatic rings. The summed E-state index contributed by atoms with van der Waals surface area (Å²) >= 11 is 5.83. The Labute approximate surface area is 119 Å². The van der Waals surface area contributed by atoms with Crippen LogP contribution < -0.4 is 0 Å². The summed E-state index contributed by atoms with van der Waals surface area (Å²) in [4.78, 5) is 19.8. The van der Waals surface area contributed by atoms with Crippen molar-refractivity contribution in [1.82, 2.24) is 19.6 Å². The molecule has 0 aromatic carbocycles. The summed E-state index contributed by atoms with van der Waals surface area (Å²) in [6.45, 7) is 0. The van der Waals surface area contributed by atoms with Crippen molar-refractivity contribution in [2.45, 2.75) is 0 Å². The fourth-order valence-electron chi connectivity index (χ4n) is 1.94. The summed E-state index contributed by atoms with van der Waals surface area (Å²) in [5.41, 5.74) is 2.15. The van der Waals surface area contributed by atoms with Crippen LogP contribution >= 0.6 is 11.6 Å². The first kappa shape index (κ1) is 12.6. The SMILES string of the molecule is COC(=O)c1cnc(Cl)nc1-c1cnn2ccccc12. The van der Waals surface area contributed by atoms with Crippen LogP contribution in [0.3, 0.4) is 0 Å². The number of hydrogen-bond acceptors (Lipinski definition) is 5. The van der Waals surface area contributed by atoms with Crippen molar-refractivity contribution in [3.05, 3.63) is 47.6 Å². The number of hydrogen-bond donors (Lipinski definition) is 0. The molecule has 3 aromatic heterocycles. The fourth-order valence-corrected chi connectivity index (χ4v) is 2.08. The Morgan fingerprint density at radius 2 is 2.20 bits per heavy atom. The molecular formula is C13H9ClN4O2. The molecule has 0 aliphatic rings. The summed E-state index contributed by atoms with van der Waals surface area (Å²) in [6.07, 6.45) is 4.78. The van der Waals surface area contributed by atoms with Crippen LogP contribution in [-0.4, -0.2) is 32.7 Å². The third-order valence-electron chi connectivity index (χ3n) is 2.85. The molecule has 0 fully saturated rings. The van der Waals surface area contributed by atoms with Gasteiger partial charge in [0.2, 0.25) is 5.28 Å². The third kappa shape index (κ3) is 2.00. The molecule has 3 rings (SSSR count). The van der Waals surface area contributed by atoms with Crippen molar-refractivity contribution in [3.8, 4) is 11.3 Å². The molecule has 0 unspecified atom stereocenters. The highest BCUT2D eigenvalue weighted by atomic mass is 35.5. The zero-order chi connectivity index (χ0) is 14.1. The number of carbonyl (C=O) groups is 1. The molecule has 0 amide bonds. The predicted octanol–water partition coefficient (Wildman–Crippen LogP) is 2.23. The number of esters is 1. The van der Waals surface area contributed by atoms with E-state index in [1.54, 1.807) is 16.9 Å². The summed E-state index contributed by atoms with van der Waals surface area (Å²) in [5, 5.41) is 4.27. The molecule has 3 heterocycles. The van der Waals surface area contributed by atoms with Crippen LogP contribution in [0.15, 0.2) is 36.8 Å². The molecule has 0 aliphatic heterocycles. The van der Waals surface area contributed by atoms with Crippen LogP contribution in [0.5, 0.6) is 0 Å². The van der Waals surface area contributed by atoms with Gasteiger partial charge in [0.25, 0.3) is 0 Å². The Morgan fingerprint density at radius 1 is 1.35 bits per heavy atom. The van der Waals surface area contributed by atoms with E-state index in [0.717, 1.165) is 5.52 Å². The molecule has 0 saturated heterocycles. The first-order chi connectivity index (χ1) is 9.70. The number of nitrogens with zero attached hydrogens (tertiary/aromatic N) is 4.